The number of carbonyl (C=O) groups excluding carboxylic acids is 6. The molecule has 2 unspecified atom stereocenters. The number of carboxylic acids is 4. The molecule has 74 heavy (non-hydrogen) atoms. The summed E-state index contributed by atoms with van der Waals surface area (Å²) in [6.07, 6.45) is 7.14. The molecule has 2 rings (SSSR count). The van der Waals surface area contributed by atoms with E-state index in [0.717, 1.165) is 12.1 Å². The Bertz CT molecular complexity index is 1780. The third-order valence-corrected chi connectivity index (χ3v) is 11.4. The van der Waals surface area contributed by atoms with Gasteiger partial charge in [-0.25, -0.2) is 4.79 Å². The van der Waals surface area contributed by atoms with E-state index in [9.17, 15) is 53.1 Å². The summed E-state index contributed by atoms with van der Waals surface area (Å²) in [5, 5.41) is 49.6. The molecule has 1 aromatic rings. The third-order valence-electron chi connectivity index (χ3n) is 10.8. The zero-order valence-electron chi connectivity index (χ0n) is 44.8. The van der Waals surface area contributed by atoms with Crippen LogP contribution in [0.2, 0.25) is 0 Å². The van der Waals surface area contributed by atoms with Gasteiger partial charge in [0.25, 0.3) is 5.91 Å². The maximum Gasteiger partial charge on any atom is 0.326 e. The molecule has 422 valence electrons. The Morgan fingerprint density at radius 3 is 1.55 bits per heavy atom. The number of hydrogen-bond donors (Lipinski definition) is 9. The van der Waals surface area contributed by atoms with Crippen LogP contribution in [0.4, 0.5) is 0 Å². The van der Waals surface area contributed by atoms with Gasteiger partial charge in [-0.05, 0) is 81.7 Å². The summed E-state index contributed by atoms with van der Waals surface area (Å²) in [4.78, 5) is 124. The number of hydrogen-bond acceptors (Lipinski definition) is 15. The lowest BCUT2D eigenvalue weighted by molar-refractivity contribution is -0.142. The molecule has 24 heteroatoms. The topological polar surface area (TPSA) is 325 Å². The Hall–Kier alpha value is -5.69. The van der Waals surface area contributed by atoms with Gasteiger partial charge in [-0.1, -0.05) is 53.2 Å². The third kappa shape index (κ3) is 38.0. The molecule has 5 amide bonds. The minimum absolute atomic E-state index is 0.0798. The number of carbonyl (C=O) groups is 10. The SMILES string of the molecule is CC.CCC.CCN1CCN(CC(=O)O)CCN(CC(=O)O)CCN(CC(=O)O)CC1.CSCCC(NC(=O)c1ccc(CNC=O)cc1)C(=O)NCC(=O)NC(CCCCNC(=O)CCCCC(C)=O)C(=O)O. The van der Waals surface area contributed by atoms with Gasteiger partial charge in [-0.3, -0.25) is 53.1 Å². The molecule has 0 saturated carbocycles. The number of ketones is 1. The van der Waals surface area contributed by atoms with Gasteiger partial charge in [0.1, 0.15) is 17.9 Å². The van der Waals surface area contributed by atoms with Crippen molar-refractivity contribution in [2.45, 2.75) is 118 Å². The maximum absolute atomic E-state index is 12.8. The summed E-state index contributed by atoms with van der Waals surface area (Å²) in [6, 6.07) is 4.44. The van der Waals surface area contributed by atoms with Gasteiger partial charge in [0.05, 0.1) is 26.2 Å². The van der Waals surface area contributed by atoms with E-state index in [1.165, 1.54) is 25.1 Å². The van der Waals surface area contributed by atoms with Gasteiger partial charge in [-0.2, -0.15) is 11.8 Å². The van der Waals surface area contributed by atoms with Crippen molar-refractivity contribution in [1.29, 1.82) is 0 Å². The van der Waals surface area contributed by atoms with Crippen LogP contribution in [-0.4, -0.2) is 215 Å². The van der Waals surface area contributed by atoms with Gasteiger partial charge in [0.15, 0.2) is 0 Å². The second kappa shape index (κ2) is 44.8. The first-order chi connectivity index (χ1) is 35.3. The molecule has 1 aromatic carbocycles. The zero-order chi connectivity index (χ0) is 56.3. The lowest BCUT2D eigenvalue weighted by Crippen LogP contribution is -2.51. The Kier molecular flexibility index (Phi) is 42.6. The normalized spacial score (nSPS) is 14.3. The number of Topliss-reactive ketones (excluding diaryl/α,β-unsaturated/α-hetero) is 1. The zero-order valence-corrected chi connectivity index (χ0v) is 45.6. The van der Waals surface area contributed by atoms with Gasteiger partial charge in [-0.15, -0.1) is 0 Å². The average Bonchev–Trinajstić information content (AvgIpc) is 3.35. The van der Waals surface area contributed by atoms with Crippen LogP contribution in [0.3, 0.4) is 0 Å². The van der Waals surface area contributed by atoms with Crippen LogP contribution in [0.1, 0.15) is 115 Å². The highest BCUT2D eigenvalue weighted by atomic mass is 32.2. The van der Waals surface area contributed by atoms with Crippen LogP contribution in [0.25, 0.3) is 0 Å². The van der Waals surface area contributed by atoms with Crippen molar-refractivity contribution in [3.63, 3.8) is 0 Å². The summed E-state index contributed by atoms with van der Waals surface area (Å²) < 4.78 is 0. The number of thioether (sulfide) groups is 1. The number of nitrogens with zero attached hydrogens (tertiary/aromatic N) is 4. The molecule has 2 atom stereocenters. The van der Waals surface area contributed by atoms with Crippen molar-refractivity contribution in [3.05, 3.63) is 35.4 Å². The molecule has 0 bridgehead atoms. The van der Waals surface area contributed by atoms with E-state index in [-0.39, 0.29) is 37.7 Å². The largest absolute Gasteiger partial charge is 0.480 e. The lowest BCUT2D eigenvalue weighted by atomic mass is 10.1. The fourth-order valence-electron chi connectivity index (χ4n) is 6.87. The molecular formula is C50H87N9O14S. The number of carboxylic acid groups (broad SMARTS) is 4. The second-order valence-corrected chi connectivity index (χ2v) is 18.1. The second-order valence-electron chi connectivity index (χ2n) is 17.1. The summed E-state index contributed by atoms with van der Waals surface area (Å²) >= 11 is 1.49. The molecule has 0 aromatic heterocycles. The van der Waals surface area contributed by atoms with E-state index in [4.69, 9.17) is 15.3 Å². The first kappa shape index (κ1) is 70.4. The van der Waals surface area contributed by atoms with E-state index in [0.29, 0.717) is 128 Å². The molecule has 1 fully saturated rings. The molecule has 0 spiro atoms. The fourth-order valence-corrected chi connectivity index (χ4v) is 7.34. The Labute approximate surface area is 441 Å². The molecule has 0 radical (unpaired) electrons. The number of rotatable bonds is 30. The van der Waals surface area contributed by atoms with Crippen molar-refractivity contribution in [2.75, 3.05) is 104 Å². The van der Waals surface area contributed by atoms with E-state index in [1.54, 1.807) is 29.2 Å². The number of aliphatic carboxylic acids is 4. The number of amides is 5. The van der Waals surface area contributed by atoms with E-state index in [2.05, 4.69) is 45.3 Å². The van der Waals surface area contributed by atoms with Gasteiger partial charge >= 0.3 is 23.9 Å². The first-order valence-electron chi connectivity index (χ1n) is 25.4. The Morgan fingerprint density at radius 2 is 1.12 bits per heavy atom. The minimum Gasteiger partial charge on any atom is -0.480 e. The number of benzene rings is 1. The highest BCUT2D eigenvalue weighted by molar-refractivity contribution is 7.98. The highest BCUT2D eigenvalue weighted by Crippen LogP contribution is 2.08. The van der Waals surface area contributed by atoms with Crippen LogP contribution in [0.15, 0.2) is 24.3 Å². The molecule has 1 aliphatic heterocycles. The van der Waals surface area contributed by atoms with Crippen molar-refractivity contribution in [3.8, 4) is 0 Å². The van der Waals surface area contributed by atoms with Crippen molar-refractivity contribution in [2.24, 2.45) is 0 Å². The van der Waals surface area contributed by atoms with E-state index in [1.807, 2.05) is 36.8 Å². The molecule has 23 nitrogen and oxygen atoms in total. The number of likely N-dealkylation sites (N-methyl/N-ethyl adjacent to an activating group) is 1. The van der Waals surface area contributed by atoms with E-state index < -0.39 is 60.2 Å². The molecular weight excluding hydrogens is 983 g/mol. The van der Waals surface area contributed by atoms with Crippen LogP contribution in [-0.2, 0) is 49.7 Å². The van der Waals surface area contributed by atoms with Crippen LogP contribution >= 0.6 is 11.8 Å². The Morgan fingerprint density at radius 1 is 0.635 bits per heavy atom. The molecule has 1 heterocycles. The maximum atomic E-state index is 12.8. The minimum atomic E-state index is -1.22. The van der Waals surface area contributed by atoms with Crippen molar-refractivity contribution in [1.82, 2.24) is 46.2 Å². The molecule has 9 N–H and O–H groups in total. The van der Waals surface area contributed by atoms with Crippen LogP contribution in [0, 0.1) is 0 Å². The van der Waals surface area contributed by atoms with Crippen LogP contribution in [0.5, 0.6) is 0 Å². The smallest absolute Gasteiger partial charge is 0.326 e. The monoisotopic (exact) mass is 1070 g/mol. The molecule has 0 aliphatic carbocycles. The van der Waals surface area contributed by atoms with Gasteiger partial charge < -0.3 is 56.7 Å². The quantitative estimate of drug-likeness (QED) is 0.0392. The molecule has 1 aliphatic rings. The number of unbranched alkanes of at least 4 members (excludes halogenated alkanes) is 2. The van der Waals surface area contributed by atoms with Crippen LogP contribution < -0.4 is 26.6 Å². The lowest BCUT2D eigenvalue weighted by Gasteiger charge is -2.32. The van der Waals surface area contributed by atoms with Gasteiger partial charge in [0, 0.05) is 83.9 Å². The predicted molar refractivity (Wildman–Crippen MR) is 284 cm³/mol. The first-order valence-corrected chi connectivity index (χ1v) is 26.8. The Balaban J connectivity index is 0. The number of nitrogens with one attached hydrogen (secondary N) is 5. The summed E-state index contributed by atoms with van der Waals surface area (Å²) in [7, 11) is 0. The highest BCUT2D eigenvalue weighted by Gasteiger charge is 2.24. The standard InChI is InChI=1S/C29H43N5O8S.C16H30N4O6.C3H8.C2H6/c1-20(36)7-3-4-9-25(37)31-15-6-5-8-24(29(41)42)33-26(38)18-32-28(40)23(14-16-43-2)34-27(39)22-12-10-21(11-13-22)17-30-19-35;1-2-17-3-5-18(11-14(21)22)7-9-20(13-16(25)26)10-8-19(6-4-17)12-15(23)24;1-3-2;1-2/h10-13,19,23-24H,3-9,14-18H2,1-2H3,(H,30,35)(H,31,37)(H,32,40)(H,33,38)(H,34,39)(H,41,42);2-13H2,1H3,(H,21,22)(H,23,24)(H,25,26);3H2,1-2H3;1-2H3. The molecule has 1 saturated heterocycles. The summed E-state index contributed by atoms with van der Waals surface area (Å²) in [5.41, 5.74) is 1.12. The summed E-state index contributed by atoms with van der Waals surface area (Å²) in [5.74, 6) is -5.19. The predicted octanol–water partition coefficient (Wildman–Crippen LogP) is 1.83. The summed E-state index contributed by atoms with van der Waals surface area (Å²) in [6.45, 7) is 16.7. The fraction of sp³-hybridized carbons (Fsp3) is 0.680. The van der Waals surface area contributed by atoms with Crippen molar-refractivity contribution < 1.29 is 68.4 Å². The average molecular weight is 1070 g/mol. The van der Waals surface area contributed by atoms with Crippen molar-refractivity contribution >= 4 is 71.5 Å². The van der Waals surface area contributed by atoms with E-state index >= 15 is 0 Å². The van der Waals surface area contributed by atoms with Gasteiger partial charge in [0.2, 0.25) is 24.1 Å².